The van der Waals surface area contributed by atoms with Crippen molar-refractivity contribution in [1.82, 2.24) is 5.32 Å². The summed E-state index contributed by atoms with van der Waals surface area (Å²) in [5, 5.41) is 15.4. The molecule has 1 aliphatic rings. The summed E-state index contributed by atoms with van der Waals surface area (Å²) >= 11 is 1.75. The predicted molar refractivity (Wildman–Crippen MR) is 84.0 cm³/mol. The number of anilines is 1. The number of rotatable bonds is 5. The highest BCUT2D eigenvalue weighted by Gasteiger charge is 2.25. The number of urea groups is 1. The van der Waals surface area contributed by atoms with Gasteiger partial charge in [-0.2, -0.15) is 11.8 Å². The molecule has 0 heterocycles. The Bertz CT molecular complexity index is 453. The summed E-state index contributed by atoms with van der Waals surface area (Å²) in [5.41, 5.74) is 2.00. The second-order valence-corrected chi connectivity index (χ2v) is 6.09. The third-order valence-electron chi connectivity index (χ3n) is 3.64. The van der Waals surface area contributed by atoms with Gasteiger partial charge in [0.25, 0.3) is 0 Å². The molecule has 0 bridgehead atoms. The molecule has 1 aliphatic carbocycles. The first-order chi connectivity index (χ1) is 9.69. The molecule has 0 spiro atoms. The average molecular weight is 294 g/mol. The lowest BCUT2D eigenvalue weighted by Gasteiger charge is -2.15. The third kappa shape index (κ3) is 4.42. The second kappa shape index (κ2) is 7.55. The largest absolute Gasteiger partial charge is 0.393 e. The number of carbonyl (C=O) groups excluding carboxylic acids is 1. The van der Waals surface area contributed by atoms with Gasteiger partial charge >= 0.3 is 6.03 Å². The summed E-state index contributed by atoms with van der Waals surface area (Å²) in [5.74, 6) is 1.13. The van der Waals surface area contributed by atoms with Gasteiger partial charge in [-0.1, -0.05) is 18.6 Å². The quantitative estimate of drug-likeness (QED) is 0.782. The smallest absolute Gasteiger partial charge is 0.319 e. The van der Waals surface area contributed by atoms with E-state index in [9.17, 15) is 9.90 Å². The zero-order valence-corrected chi connectivity index (χ0v) is 12.6. The number of hydrogen-bond acceptors (Lipinski definition) is 3. The SMILES string of the molecule is CSCc1cccc(NC(=O)NC[C@H]2CCC[C@H]2O)c1. The minimum atomic E-state index is -0.264. The fourth-order valence-corrected chi connectivity index (χ4v) is 3.07. The summed E-state index contributed by atoms with van der Waals surface area (Å²) in [7, 11) is 0. The molecule has 20 heavy (non-hydrogen) atoms. The highest BCUT2D eigenvalue weighted by molar-refractivity contribution is 7.97. The average Bonchev–Trinajstić information content (AvgIpc) is 2.83. The van der Waals surface area contributed by atoms with Crippen molar-refractivity contribution < 1.29 is 9.90 Å². The molecule has 5 heteroatoms. The summed E-state index contributed by atoms with van der Waals surface area (Å²) in [6, 6.07) is 7.66. The van der Waals surface area contributed by atoms with Crippen molar-refractivity contribution in [2.45, 2.75) is 31.1 Å². The fourth-order valence-electron chi connectivity index (χ4n) is 2.56. The summed E-state index contributed by atoms with van der Waals surface area (Å²) in [4.78, 5) is 11.8. The van der Waals surface area contributed by atoms with E-state index in [4.69, 9.17) is 0 Å². The topological polar surface area (TPSA) is 61.4 Å². The Morgan fingerprint density at radius 1 is 1.45 bits per heavy atom. The molecule has 110 valence electrons. The summed E-state index contributed by atoms with van der Waals surface area (Å²) < 4.78 is 0. The molecule has 0 saturated heterocycles. The number of benzene rings is 1. The first-order valence-electron chi connectivity index (χ1n) is 7.00. The van der Waals surface area contributed by atoms with Crippen LogP contribution in [0, 0.1) is 5.92 Å². The van der Waals surface area contributed by atoms with Crippen LogP contribution in [-0.2, 0) is 5.75 Å². The molecule has 0 aliphatic heterocycles. The first kappa shape index (κ1) is 15.2. The maximum absolute atomic E-state index is 11.8. The van der Waals surface area contributed by atoms with E-state index in [-0.39, 0.29) is 18.1 Å². The molecule has 4 nitrogen and oxygen atoms in total. The van der Waals surface area contributed by atoms with Crippen LogP contribution in [0.15, 0.2) is 24.3 Å². The van der Waals surface area contributed by atoms with Gasteiger partial charge in [-0.3, -0.25) is 0 Å². The van der Waals surface area contributed by atoms with Crippen LogP contribution in [0.25, 0.3) is 0 Å². The fraction of sp³-hybridized carbons (Fsp3) is 0.533. The zero-order chi connectivity index (χ0) is 14.4. The molecule has 1 aromatic rings. The van der Waals surface area contributed by atoms with Crippen LogP contribution in [0.5, 0.6) is 0 Å². The zero-order valence-electron chi connectivity index (χ0n) is 11.8. The van der Waals surface area contributed by atoms with Crippen molar-refractivity contribution in [3.8, 4) is 0 Å². The van der Waals surface area contributed by atoms with Gasteiger partial charge in [-0.25, -0.2) is 4.79 Å². The lowest BCUT2D eigenvalue weighted by atomic mass is 10.1. The number of aliphatic hydroxyl groups excluding tert-OH is 1. The number of carbonyl (C=O) groups is 1. The van der Waals surface area contributed by atoms with Gasteiger partial charge in [0.15, 0.2) is 0 Å². The number of amides is 2. The van der Waals surface area contributed by atoms with Gasteiger partial charge in [0.2, 0.25) is 0 Å². The van der Waals surface area contributed by atoms with Crippen LogP contribution >= 0.6 is 11.8 Å². The van der Waals surface area contributed by atoms with Crippen LogP contribution < -0.4 is 10.6 Å². The second-order valence-electron chi connectivity index (χ2n) is 5.23. The van der Waals surface area contributed by atoms with Crippen molar-refractivity contribution in [2.75, 3.05) is 18.1 Å². The van der Waals surface area contributed by atoms with E-state index in [1.165, 1.54) is 5.56 Å². The molecular formula is C15H22N2O2S. The standard InChI is InChI=1S/C15H22N2O2S/c1-20-10-11-4-2-6-13(8-11)17-15(19)16-9-12-5-3-7-14(12)18/h2,4,6,8,12,14,18H,3,5,7,9-10H2,1H3,(H2,16,17,19)/t12-,14-/m1/s1. The van der Waals surface area contributed by atoms with E-state index < -0.39 is 0 Å². The lowest BCUT2D eigenvalue weighted by Crippen LogP contribution is -2.35. The molecule has 3 N–H and O–H groups in total. The molecule has 1 aromatic carbocycles. The van der Waals surface area contributed by atoms with Gasteiger partial charge in [0, 0.05) is 23.9 Å². The van der Waals surface area contributed by atoms with E-state index >= 15 is 0 Å². The first-order valence-corrected chi connectivity index (χ1v) is 8.39. The predicted octanol–water partition coefficient (Wildman–Crippen LogP) is 2.83. The molecule has 2 rings (SSSR count). The minimum Gasteiger partial charge on any atom is -0.393 e. The molecular weight excluding hydrogens is 272 g/mol. The van der Waals surface area contributed by atoms with E-state index in [1.807, 2.05) is 18.2 Å². The monoisotopic (exact) mass is 294 g/mol. The van der Waals surface area contributed by atoms with E-state index in [0.717, 1.165) is 30.7 Å². The van der Waals surface area contributed by atoms with Crippen LogP contribution in [-0.4, -0.2) is 30.0 Å². The lowest BCUT2D eigenvalue weighted by molar-refractivity contribution is 0.133. The Morgan fingerprint density at radius 2 is 2.30 bits per heavy atom. The van der Waals surface area contributed by atoms with Gasteiger partial charge in [-0.05, 0) is 36.8 Å². The van der Waals surface area contributed by atoms with Crippen molar-refractivity contribution in [3.05, 3.63) is 29.8 Å². The molecule has 1 saturated carbocycles. The van der Waals surface area contributed by atoms with E-state index in [0.29, 0.717) is 6.54 Å². The Labute approximate surface area is 124 Å². The van der Waals surface area contributed by atoms with Gasteiger partial charge in [0.1, 0.15) is 0 Å². The van der Waals surface area contributed by atoms with Crippen molar-refractivity contribution in [2.24, 2.45) is 5.92 Å². The van der Waals surface area contributed by atoms with E-state index in [2.05, 4.69) is 23.0 Å². The Hall–Kier alpha value is -1.20. The van der Waals surface area contributed by atoms with Gasteiger partial charge in [0.05, 0.1) is 6.10 Å². The van der Waals surface area contributed by atoms with Gasteiger partial charge < -0.3 is 15.7 Å². The molecule has 2 amide bonds. The van der Waals surface area contributed by atoms with Crippen LogP contribution in [0.1, 0.15) is 24.8 Å². The third-order valence-corrected chi connectivity index (χ3v) is 4.26. The molecule has 0 unspecified atom stereocenters. The number of aliphatic hydroxyl groups is 1. The minimum absolute atomic E-state index is 0.198. The maximum atomic E-state index is 11.8. The van der Waals surface area contributed by atoms with Crippen molar-refractivity contribution >= 4 is 23.5 Å². The number of thioether (sulfide) groups is 1. The van der Waals surface area contributed by atoms with Crippen molar-refractivity contribution in [1.29, 1.82) is 0 Å². The van der Waals surface area contributed by atoms with Crippen molar-refractivity contribution in [3.63, 3.8) is 0 Å². The summed E-state index contributed by atoms with van der Waals surface area (Å²) in [6.07, 6.45) is 4.68. The molecule has 1 fully saturated rings. The van der Waals surface area contributed by atoms with Crippen LogP contribution in [0.2, 0.25) is 0 Å². The summed E-state index contributed by atoms with van der Waals surface area (Å²) in [6.45, 7) is 0.539. The molecule has 0 radical (unpaired) electrons. The Balaban J connectivity index is 1.80. The normalized spacial score (nSPS) is 21.7. The molecule has 0 aromatic heterocycles. The Morgan fingerprint density at radius 3 is 3.00 bits per heavy atom. The highest BCUT2D eigenvalue weighted by Crippen LogP contribution is 2.24. The van der Waals surface area contributed by atoms with E-state index in [1.54, 1.807) is 11.8 Å². The van der Waals surface area contributed by atoms with Gasteiger partial charge in [-0.15, -0.1) is 0 Å². The Kier molecular flexibility index (Phi) is 5.73. The number of nitrogens with one attached hydrogen (secondary N) is 2. The van der Waals surface area contributed by atoms with Crippen LogP contribution in [0.3, 0.4) is 0 Å². The highest BCUT2D eigenvalue weighted by atomic mass is 32.2. The maximum Gasteiger partial charge on any atom is 0.319 e. The molecule has 2 atom stereocenters. The van der Waals surface area contributed by atoms with Crippen LogP contribution in [0.4, 0.5) is 10.5 Å². The number of hydrogen-bond donors (Lipinski definition) is 3.